The first-order valence-electron chi connectivity index (χ1n) is 10.7. The molecule has 2 aromatic heterocycles. The van der Waals surface area contributed by atoms with Gasteiger partial charge in [0.15, 0.2) is 10.4 Å². The van der Waals surface area contributed by atoms with Gasteiger partial charge in [-0.1, -0.05) is 0 Å². The second kappa shape index (κ2) is 14.2. The van der Waals surface area contributed by atoms with E-state index in [1.165, 1.54) is 33.5 Å². The third-order valence-electron chi connectivity index (χ3n) is 5.01. The number of H-pyrrole nitrogens is 2. The molecule has 37 heavy (non-hydrogen) atoms. The van der Waals surface area contributed by atoms with Gasteiger partial charge >= 0.3 is 0 Å². The number of anilines is 1. The lowest BCUT2D eigenvalue weighted by molar-refractivity contribution is 0.363. The molecule has 3 N–H and O–H groups in total. The average molecular weight is 755 g/mol. The quantitative estimate of drug-likeness (QED) is 0.379. The Balaban J connectivity index is 0.000000214. The first-order chi connectivity index (χ1) is 17.2. The summed E-state index contributed by atoms with van der Waals surface area (Å²) in [6.07, 6.45) is 5.39. The predicted octanol–water partition coefficient (Wildman–Crippen LogP) is -0.240. The van der Waals surface area contributed by atoms with E-state index in [0.717, 1.165) is 13.1 Å². The number of nitrogens with zero attached hydrogens (tertiary/aromatic N) is 5. The van der Waals surface area contributed by atoms with Gasteiger partial charge in [0.05, 0.1) is 12.5 Å². The molecule has 208 valence electrons. The number of halogens is 3. The molecule has 2 fully saturated rings. The van der Waals surface area contributed by atoms with E-state index < -0.39 is 20.0 Å². The van der Waals surface area contributed by atoms with Gasteiger partial charge in [-0.2, -0.15) is 8.61 Å². The van der Waals surface area contributed by atoms with Crippen molar-refractivity contribution in [2.75, 3.05) is 69.8 Å². The minimum Gasteiger partial charge on any atom is -0.349 e. The molecule has 2 aliphatic rings. The van der Waals surface area contributed by atoms with Crippen LogP contribution in [-0.4, -0.2) is 110 Å². The van der Waals surface area contributed by atoms with Gasteiger partial charge in [-0.05, 0) is 47.8 Å². The van der Waals surface area contributed by atoms with E-state index in [2.05, 4.69) is 73.0 Å². The van der Waals surface area contributed by atoms with E-state index in [-0.39, 0.29) is 15.7 Å². The highest BCUT2D eigenvalue weighted by Crippen LogP contribution is 2.13. The summed E-state index contributed by atoms with van der Waals surface area (Å²) in [6, 6.07) is 0. The molecule has 0 unspecified atom stereocenters. The van der Waals surface area contributed by atoms with Gasteiger partial charge in [0.25, 0.3) is 11.1 Å². The van der Waals surface area contributed by atoms with Crippen LogP contribution in [0.1, 0.15) is 0 Å². The fraction of sp³-hybridized carbons (Fsp3) is 0.556. The maximum atomic E-state index is 11.6. The Bertz CT molecular complexity index is 1370. The molecular formula is C18H27Br3N8O6S2. The lowest BCUT2D eigenvalue weighted by Crippen LogP contribution is -2.49. The summed E-state index contributed by atoms with van der Waals surface area (Å²) in [5, 5.41) is 3.08. The molecule has 0 saturated carbocycles. The maximum Gasteiger partial charge on any atom is 0.290 e. The second-order valence-corrected chi connectivity index (χ2v) is 14.1. The average Bonchev–Trinajstić information content (AvgIpc) is 2.84. The molecule has 0 aromatic carbocycles. The van der Waals surface area contributed by atoms with Gasteiger partial charge in [-0.15, -0.1) is 0 Å². The Morgan fingerprint density at radius 1 is 0.730 bits per heavy atom. The normalized spacial score (nSPS) is 17.3. The van der Waals surface area contributed by atoms with Crippen molar-refractivity contribution in [3.8, 4) is 0 Å². The fourth-order valence-electron chi connectivity index (χ4n) is 3.16. The van der Waals surface area contributed by atoms with Gasteiger partial charge in [0.2, 0.25) is 20.0 Å². The van der Waals surface area contributed by atoms with Crippen LogP contribution in [0.2, 0.25) is 0 Å². The first-order valence-corrected chi connectivity index (χ1v) is 16.8. The summed E-state index contributed by atoms with van der Waals surface area (Å²) in [6.45, 7) is 4.41. The summed E-state index contributed by atoms with van der Waals surface area (Å²) in [5.41, 5.74) is -0.496. The third kappa shape index (κ3) is 10.8. The smallest absolute Gasteiger partial charge is 0.290 e. The number of aromatic nitrogens is 4. The first kappa shape index (κ1) is 32.0. The number of sulfonamides is 2. The highest BCUT2D eigenvalue weighted by Gasteiger charge is 2.25. The van der Waals surface area contributed by atoms with Crippen molar-refractivity contribution >= 4 is 73.7 Å². The van der Waals surface area contributed by atoms with Crippen LogP contribution in [-0.2, 0) is 20.0 Å². The number of nitrogens with one attached hydrogen (secondary N) is 3. The Morgan fingerprint density at radius 3 is 1.62 bits per heavy atom. The van der Waals surface area contributed by atoms with Gasteiger partial charge in [0, 0.05) is 64.8 Å². The van der Waals surface area contributed by atoms with Crippen LogP contribution in [0.15, 0.2) is 35.8 Å². The molecule has 2 aliphatic heterocycles. The summed E-state index contributed by atoms with van der Waals surface area (Å²) in [5.74, 6) is 0.317. The number of piperazine rings is 2. The van der Waals surface area contributed by atoms with Crippen LogP contribution in [0.3, 0.4) is 0 Å². The van der Waals surface area contributed by atoms with E-state index in [1.807, 2.05) is 0 Å². The molecule has 0 aliphatic carbocycles. The minimum absolute atomic E-state index is 0.224. The fourth-order valence-corrected chi connectivity index (χ4v) is 5.95. The lowest BCUT2D eigenvalue weighted by atomic mass is 10.3. The molecule has 0 spiro atoms. The SMILES string of the molecule is CS(=O)(=O)N1CCN(c2nc(Br)c[nH]c2=O)CC1.CS(=O)(=O)N1CCNCC1.O=c1[nH]cc(Br)nc1Br. The molecule has 14 nitrogen and oxygen atoms in total. The highest BCUT2D eigenvalue weighted by atomic mass is 79.9. The summed E-state index contributed by atoms with van der Waals surface area (Å²) in [7, 11) is -6.09. The van der Waals surface area contributed by atoms with Crippen molar-refractivity contribution in [3.05, 3.63) is 46.9 Å². The van der Waals surface area contributed by atoms with Crippen molar-refractivity contribution < 1.29 is 16.8 Å². The molecule has 0 atom stereocenters. The number of aromatic amines is 2. The molecule has 0 amide bonds. The molecular weight excluding hydrogens is 728 g/mol. The molecule has 0 radical (unpaired) electrons. The summed E-state index contributed by atoms with van der Waals surface area (Å²) < 4.78 is 48.8. The molecule has 4 heterocycles. The second-order valence-electron chi connectivity index (χ2n) is 7.78. The van der Waals surface area contributed by atoms with Crippen LogP contribution in [0.25, 0.3) is 0 Å². The number of hydrogen-bond acceptors (Lipinski definition) is 10. The Labute approximate surface area is 239 Å². The van der Waals surface area contributed by atoms with Gasteiger partial charge in [-0.25, -0.2) is 26.8 Å². The predicted molar refractivity (Wildman–Crippen MR) is 151 cm³/mol. The van der Waals surface area contributed by atoms with Crippen molar-refractivity contribution in [1.29, 1.82) is 0 Å². The van der Waals surface area contributed by atoms with Crippen LogP contribution in [0, 0.1) is 0 Å². The molecule has 4 rings (SSSR count). The summed E-state index contributed by atoms with van der Waals surface area (Å²) in [4.78, 5) is 36.9. The van der Waals surface area contributed by atoms with Crippen LogP contribution in [0.5, 0.6) is 0 Å². The zero-order valence-corrected chi connectivity index (χ0v) is 26.3. The van der Waals surface area contributed by atoms with E-state index in [4.69, 9.17) is 0 Å². The Hall–Kier alpha value is -1.22. The Kier molecular flexibility index (Phi) is 12.3. The topological polar surface area (TPSA) is 182 Å². The van der Waals surface area contributed by atoms with E-state index in [0.29, 0.717) is 54.3 Å². The molecule has 2 aromatic rings. The maximum absolute atomic E-state index is 11.6. The van der Waals surface area contributed by atoms with Crippen LogP contribution in [0.4, 0.5) is 5.82 Å². The van der Waals surface area contributed by atoms with Gasteiger partial charge in [0.1, 0.15) is 9.21 Å². The molecule has 19 heteroatoms. The summed E-state index contributed by atoms with van der Waals surface area (Å²) >= 11 is 9.24. The van der Waals surface area contributed by atoms with Crippen molar-refractivity contribution in [3.63, 3.8) is 0 Å². The molecule has 0 bridgehead atoms. The van der Waals surface area contributed by atoms with Gasteiger partial charge < -0.3 is 20.2 Å². The Morgan fingerprint density at radius 2 is 1.19 bits per heavy atom. The van der Waals surface area contributed by atoms with E-state index in [9.17, 15) is 26.4 Å². The lowest BCUT2D eigenvalue weighted by Gasteiger charge is -2.33. The third-order valence-corrected chi connectivity index (χ3v) is 8.96. The van der Waals surface area contributed by atoms with E-state index in [1.54, 1.807) is 4.90 Å². The number of hydrogen-bond donors (Lipinski definition) is 3. The van der Waals surface area contributed by atoms with Crippen LogP contribution < -0.4 is 21.3 Å². The van der Waals surface area contributed by atoms with Gasteiger partial charge in [-0.3, -0.25) is 9.59 Å². The molecule has 2 saturated heterocycles. The standard InChI is InChI=1S/C9H13BrN4O3S.C5H12N2O2S.C4H2Br2N2O/c1-18(16,17)14-4-2-13(3-5-14)8-9(15)11-6-7(10)12-8;1-10(8,9)7-4-2-6-3-5-7;5-2-1-7-4(9)3(6)8-2/h6H,2-5H2,1H3,(H,11,15);6H,2-5H2,1H3;1H,(H,7,9). The zero-order valence-electron chi connectivity index (χ0n) is 19.9. The zero-order chi connectivity index (χ0) is 27.8. The minimum atomic E-state index is -3.16. The van der Waals surface area contributed by atoms with E-state index >= 15 is 0 Å². The highest BCUT2D eigenvalue weighted by molar-refractivity contribution is 9.11. The largest absolute Gasteiger partial charge is 0.349 e. The monoisotopic (exact) mass is 752 g/mol. The van der Waals surface area contributed by atoms with Crippen molar-refractivity contribution in [1.82, 2.24) is 33.9 Å². The van der Waals surface area contributed by atoms with Crippen LogP contribution >= 0.6 is 47.8 Å². The van der Waals surface area contributed by atoms with Crippen molar-refractivity contribution in [2.45, 2.75) is 0 Å². The number of rotatable bonds is 3. The van der Waals surface area contributed by atoms with Crippen molar-refractivity contribution in [2.24, 2.45) is 0 Å².